The second kappa shape index (κ2) is 11.7. The third-order valence-corrected chi connectivity index (χ3v) is 8.87. The van der Waals surface area contributed by atoms with Crippen LogP contribution in [0.15, 0.2) is 48.8 Å². The lowest BCUT2D eigenvalue weighted by Crippen LogP contribution is -2.46. The van der Waals surface area contributed by atoms with Crippen molar-refractivity contribution in [3.63, 3.8) is 0 Å². The van der Waals surface area contributed by atoms with E-state index in [-0.39, 0.29) is 18.2 Å². The maximum atomic E-state index is 13.9. The molecule has 3 aromatic rings. The lowest BCUT2D eigenvalue weighted by molar-refractivity contribution is -0.147. The standard InChI is InChI=1S/C26H31N6O8P/c1-16(25(35)37-12-17-6-5-7-17)31-41(36,40-18-8-3-2-4-9-18)38-14-26(13-27)23(34)21(33)22(39-26)19-10-11-20-24(28)29-15-30-32(19)20/h2-4,8-11,15-17,21-23,33-34H,5-7,12,14H2,1H3,(H,31,36)(H2,28,29,30)/t16-,21-,22-,23-,26+,41-/m0/s1. The van der Waals surface area contributed by atoms with E-state index in [1.54, 1.807) is 30.3 Å². The van der Waals surface area contributed by atoms with Crippen molar-refractivity contribution in [2.45, 2.75) is 56.1 Å². The first-order valence-electron chi connectivity index (χ1n) is 13.1. The monoisotopic (exact) mass is 586 g/mol. The van der Waals surface area contributed by atoms with Crippen LogP contribution < -0.4 is 15.3 Å². The van der Waals surface area contributed by atoms with Gasteiger partial charge in [0.1, 0.15) is 54.6 Å². The second-order valence-electron chi connectivity index (χ2n) is 10.1. The Hall–Kier alpha value is -3.57. The highest BCUT2D eigenvalue weighted by Crippen LogP contribution is 2.48. The van der Waals surface area contributed by atoms with Crippen molar-refractivity contribution in [2.75, 3.05) is 18.9 Å². The molecule has 0 unspecified atom stereocenters. The number of nitrogens with two attached hydrogens (primary N) is 1. The predicted molar refractivity (Wildman–Crippen MR) is 143 cm³/mol. The number of fused-ring (bicyclic) bond motifs is 1. The highest BCUT2D eigenvalue weighted by Gasteiger charge is 2.57. The Labute approximate surface area is 235 Å². The Bertz CT molecular complexity index is 1480. The average Bonchev–Trinajstić information content (AvgIpc) is 3.47. The molecule has 2 aromatic heterocycles. The number of aromatic nitrogens is 3. The van der Waals surface area contributed by atoms with Gasteiger partial charge in [0.15, 0.2) is 5.82 Å². The summed E-state index contributed by atoms with van der Waals surface area (Å²) in [5, 5.41) is 38.6. The number of carbonyl (C=O) groups is 1. The minimum absolute atomic E-state index is 0.159. The predicted octanol–water partition coefficient (Wildman–Crippen LogP) is 1.89. The molecule has 0 amide bonds. The molecule has 5 rings (SSSR count). The maximum absolute atomic E-state index is 13.9. The zero-order chi connectivity index (χ0) is 29.2. The van der Waals surface area contributed by atoms with Gasteiger partial charge in [0.25, 0.3) is 0 Å². The molecule has 0 spiro atoms. The van der Waals surface area contributed by atoms with Gasteiger partial charge in [-0.2, -0.15) is 15.4 Å². The van der Waals surface area contributed by atoms with E-state index in [1.807, 2.05) is 6.07 Å². The van der Waals surface area contributed by atoms with Crippen molar-refractivity contribution >= 4 is 25.1 Å². The van der Waals surface area contributed by atoms with E-state index >= 15 is 0 Å². The molecule has 2 fully saturated rings. The number of esters is 1. The summed E-state index contributed by atoms with van der Waals surface area (Å²) in [7, 11) is -4.39. The molecule has 1 saturated heterocycles. The lowest BCUT2D eigenvalue weighted by atomic mass is 9.86. The molecule has 15 heteroatoms. The van der Waals surface area contributed by atoms with Crippen molar-refractivity contribution < 1.29 is 38.1 Å². The molecule has 5 N–H and O–H groups in total. The van der Waals surface area contributed by atoms with Gasteiger partial charge in [-0.05, 0) is 49.9 Å². The van der Waals surface area contributed by atoms with E-state index in [1.165, 1.54) is 29.9 Å². The highest BCUT2D eigenvalue weighted by atomic mass is 31.2. The molecule has 0 bridgehead atoms. The molecule has 3 heterocycles. The van der Waals surface area contributed by atoms with Crippen LogP contribution in [-0.2, 0) is 23.4 Å². The van der Waals surface area contributed by atoms with Gasteiger partial charge in [0.2, 0.25) is 5.60 Å². The summed E-state index contributed by atoms with van der Waals surface area (Å²) in [6.07, 6.45) is -0.320. The molecule has 41 heavy (non-hydrogen) atoms. The first-order valence-corrected chi connectivity index (χ1v) is 14.7. The van der Waals surface area contributed by atoms with Gasteiger partial charge in [-0.15, -0.1) is 0 Å². The van der Waals surface area contributed by atoms with Crippen LogP contribution in [0.2, 0.25) is 0 Å². The van der Waals surface area contributed by atoms with E-state index in [4.69, 9.17) is 24.3 Å². The van der Waals surface area contributed by atoms with Gasteiger partial charge in [-0.25, -0.2) is 14.1 Å². The zero-order valence-electron chi connectivity index (χ0n) is 22.2. The Morgan fingerprint density at radius 1 is 1.32 bits per heavy atom. The molecule has 2 aliphatic rings. The first kappa shape index (κ1) is 28.9. The molecule has 1 aromatic carbocycles. The van der Waals surface area contributed by atoms with E-state index < -0.39 is 50.3 Å². The van der Waals surface area contributed by atoms with E-state index in [0.29, 0.717) is 17.1 Å². The zero-order valence-corrected chi connectivity index (χ0v) is 23.1. The van der Waals surface area contributed by atoms with Crippen molar-refractivity contribution in [2.24, 2.45) is 5.92 Å². The number of nitrogens with one attached hydrogen (secondary N) is 1. The SMILES string of the molecule is C[C@H](N[P@](=O)(OC[C@@]1(C#N)O[C@@H](c2ccc3c(N)ncnn23)[C@H](O)[C@@H]1O)Oc1ccccc1)C(=O)OCC1CCC1. The number of aliphatic hydroxyl groups is 2. The van der Waals surface area contributed by atoms with Gasteiger partial charge in [0, 0.05) is 0 Å². The van der Waals surface area contributed by atoms with Gasteiger partial charge in [-0.3, -0.25) is 9.32 Å². The summed E-state index contributed by atoms with van der Waals surface area (Å²) in [5.74, 6) is -0.000628. The summed E-state index contributed by atoms with van der Waals surface area (Å²) in [6.45, 7) is 0.913. The number of anilines is 1. The fraction of sp³-hybridized carbons (Fsp3) is 0.462. The summed E-state index contributed by atoms with van der Waals surface area (Å²) >= 11 is 0. The molecule has 14 nitrogen and oxygen atoms in total. The number of rotatable bonds is 11. The number of nitrogens with zero attached hydrogens (tertiary/aromatic N) is 4. The molecule has 0 radical (unpaired) electrons. The fourth-order valence-corrected chi connectivity index (χ4v) is 6.16. The van der Waals surface area contributed by atoms with Crippen molar-refractivity contribution in [1.29, 1.82) is 5.26 Å². The number of nitriles is 1. The quantitative estimate of drug-likeness (QED) is 0.187. The molecule has 1 saturated carbocycles. The van der Waals surface area contributed by atoms with Crippen LogP contribution in [0.4, 0.5) is 5.82 Å². The largest absolute Gasteiger partial charge is 0.464 e. The topological polar surface area (TPSA) is 204 Å². The van der Waals surface area contributed by atoms with Gasteiger partial charge < -0.3 is 29.9 Å². The third kappa shape index (κ3) is 5.92. The van der Waals surface area contributed by atoms with Gasteiger partial charge in [0.05, 0.1) is 12.3 Å². The lowest BCUT2D eigenvalue weighted by Gasteiger charge is -2.29. The number of hydrogen-bond acceptors (Lipinski definition) is 12. The Kier molecular flexibility index (Phi) is 8.28. The van der Waals surface area contributed by atoms with Crippen LogP contribution in [0.1, 0.15) is 38.0 Å². The molecule has 1 aliphatic carbocycles. The highest BCUT2D eigenvalue weighted by molar-refractivity contribution is 7.52. The summed E-state index contributed by atoms with van der Waals surface area (Å²) < 4.78 is 37.8. The van der Waals surface area contributed by atoms with Crippen molar-refractivity contribution in [3.8, 4) is 11.8 Å². The van der Waals surface area contributed by atoms with Crippen LogP contribution in [0, 0.1) is 17.2 Å². The number of benzene rings is 1. The number of carbonyl (C=O) groups excluding carboxylic acids is 1. The van der Waals surface area contributed by atoms with Crippen LogP contribution >= 0.6 is 7.75 Å². The van der Waals surface area contributed by atoms with E-state index in [9.17, 15) is 24.8 Å². The summed E-state index contributed by atoms with van der Waals surface area (Å²) in [4.78, 5) is 16.5. The number of aliphatic hydroxyl groups excluding tert-OH is 2. The van der Waals surface area contributed by atoms with Crippen LogP contribution in [-0.4, -0.2) is 67.8 Å². The minimum Gasteiger partial charge on any atom is -0.464 e. The Balaban J connectivity index is 1.35. The van der Waals surface area contributed by atoms with Crippen molar-refractivity contribution in [3.05, 3.63) is 54.5 Å². The van der Waals surface area contributed by atoms with Crippen LogP contribution in [0.3, 0.4) is 0 Å². The number of nitrogen functional groups attached to an aromatic ring is 1. The molecule has 1 aliphatic heterocycles. The maximum Gasteiger partial charge on any atom is 0.459 e. The normalized spacial score (nSPS) is 26.5. The van der Waals surface area contributed by atoms with Gasteiger partial charge in [-0.1, -0.05) is 24.6 Å². The smallest absolute Gasteiger partial charge is 0.459 e. The molecular weight excluding hydrogens is 555 g/mol. The van der Waals surface area contributed by atoms with Crippen LogP contribution in [0.25, 0.3) is 5.52 Å². The van der Waals surface area contributed by atoms with Gasteiger partial charge >= 0.3 is 13.7 Å². The first-order chi connectivity index (χ1) is 19.6. The summed E-state index contributed by atoms with van der Waals surface area (Å²) in [5.41, 5.74) is 4.45. The number of hydrogen-bond donors (Lipinski definition) is 4. The van der Waals surface area contributed by atoms with Crippen molar-refractivity contribution in [1.82, 2.24) is 19.7 Å². The third-order valence-electron chi connectivity index (χ3n) is 7.25. The summed E-state index contributed by atoms with van der Waals surface area (Å²) in [6, 6.07) is 12.0. The van der Waals surface area contributed by atoms with E-state index in [2.05, 4.69) is 15.2 Å². The number of ether oxygens (including phenoxy) is 2. The average molecular weight is 587 g/mol. The number of para-hydroxylation sites is 1. The van der Waals surface area contributed by atoms with Crippen LogP contribution in [0.5, 0.6) is 5.75 Å². The minimum atomic E-state index is -4.39. The Morgan fingerprint density at radius 3 is 2.76 bits per heavy atom. The van der Waals surface area contributed by atoms with E-state index in [0.717, 1.165) is 19.3 Å². The molecular formula is C26H31N6O8P. The molecule has 6 atom stereocenters. The molecule has 218 valence electrons. The second-order valence-corrected chi connectivity index (χ2v) is 11.8. The Morgan fingerprint density at radius 2 is 2.07 bits per heavy atom. The fourth-order valence-electron chi connectivity index (χ4n) is 4.64.